The van der Waals surface area contributed by atoms with Crippen LogP contribution in [0.2, 0.25) is 0 Å². The standard InChI is InChI=1S/C25H32N2O5S/c1-4-18-32-23-12-8-21(19-24(23)31-3)9-13-25(28)26-14-5-15-27(17-16-26)33(29,30)22-10-6-20(2)7-11-22/h6-13,19H,4-5,14-18H2,1-3H3/b13-9+. The van der Waals surface area contributed by atoms with Crippen molar-refractivity contribution in [2.24, 2.45) is 0 Å². The number of amides is 1. The van der Waals surface area contributed by atoms with Gasteiger partial charge in [0.1, 0.15) is 0 Å². The molecule has 1 heterocycles. The molecular formula is C25H32N2O5S. The number of ether oxygens (including phenoxy) is 2. The van der Waals surface area contributed by atoms with Gasteiger partial charge in [0, 0.05) is 32.3 Å². The fourth-order valence-electron chi connectivity index (χ4n) is 3.61. The second-order valence-electron chi connectivity index (χ2n) is 7.99. The van der Waals surface area contributed by atoms with Gasteiger partial charge in [0.25, 0.3) is 0 Å². The van der Waals surface area contributed by atoms with Crippen LogP contribution in [-0.2, 0) is 14.8 Å². The summed E-state index contributed by atoms with van der Waals surface area (Å²) in [4.78, 5) is 14.7. The summed E-state index contributed by atoms with van der Waals surface area (Å²) in [6, 6.07) is 12.4. The summed E-state index contributed by atoms with van der Waals surface area (Å²) in [5.41, 5.74) is 1.83. The Bertz CT molecular complexity index is 1080. The number of benzene rings is 2. The molecule has 2 aromatic rings. The number of rotatable bonds is 8. The summed E-state index contributed by atoms with van der Waals surface area (Å²) in [6.07, 6.45) is 4.74. The van der Waals surface area contributed by atoms with Crippen molar-refractivity contribution in [3.05, 3.63) is 59.7 Å². The van der Waals surface area contributed by atoms with E-state index in [1.54, 1.807) is 42.4 Å². The van der Waals surface area contributed by atoms with E-state index in [1.807, 2.05) is 32.0 Å². The Morgan fingerprint density at radius 1 is 1.03 bits per heavy atom. The fraction of sp³-hybridized carbons (Fsp3) is 0.400. The molecule has 0 bridgehead atoms. The zero-order valence-electron chi connectivity index (χ0n) is 19.5. The second-order valence-corrected chi connectivity index (χ2v) is 9.93. The molecule has 0 atom stereocenters. The molecule has 0 radical (unpaired) electrons. The van der Waals surface area contributed by atoms with Crippen molar-refractivity contribution in [2.75, 3.05) is 39.9 Å². The first kappa shape index (κ1) is 24.8. The fourth-order valence-corrected chi connectivity index (χ4v) is 5.08. The van der Waals surface area contributed by atoms with Crippen LogP contribution in [0.3, 0.4) is 0 Å². The minimum absolute atomic E-state index is 0.144. The van der Waals surface area contributed by atoms with E-state index in [9.17, 15) is 13.2 Å². The van der Waals surface area contributed by atoms with Crippen molar-refractivity contribution in [3.63, 3.8) is 0 Å². The highest BCUT2D eigenvalue weighted by Gasteiger charge is 2.27. The van der Waals surface area contributed by atoms with E-state index >= 15 is 0 Å². The Balaban J connectivity index is 1.63. The van der Waals surface area contributed by atoms with Crippen molar-refractivity contribution in [1.29, 1.82) is 0 Å². The van der Waals surface area contributed by atoms with E-state index in [4.69, 9.17) is 9.47 Å². The maximum atomic E-state index is 13.0. The Morgan fingerprint density at radius 3 is 2.48 bits per heavy atom. The van der Waals surface area contributed by atoms with Gasteiger partial charge >= 0.3 is 0 Å². The summed E-state index contributed by atoms with van der Waals surface area (Å²) >= 11 is 0. The predicted molar refractivity (Wildman–Crippen MR) is 129 cm³/mol. The zero-order valence-corrected chi connectivity index (χ0v) is 20.3. The lowest BCUT2D eigenvalue weighted by molar-refractivity contribution is -0.125. The minimum Gasteiger partial charge on any atom is -0.493 e. The van der Waals surface area contributed by atoms with Gasteiger partial charge < -0.3 is 14.4 Å². The van der Waals surface area contributed by atoms with Crippen LogP contribution >= 0.6 is 0 Å². The summed E-state index contributed by atoms with van der Waals surface area (Å²) in [6.45, 7) is 6.08. The summed E-state index contributed by atoms with van der Waals surface area (Å²) < 4.78 is 38.5. The van der Waals surface area contributed by atoms with E-state index in [-0.39, 0.29) is 17.3 Å². The van der Waals surface area contributed by atoms with Gasteiger partial charge in [0.2, 0.25) is 15.9 Å². The number of nitrogens with zero attached hydrogens (tertiary/aromatic N) is 2. The SMILES string of the molecule is CCCOc1ccc(/C=C/C(=O)N2CCCN(S(=O)(=O)c3ccc(C)cc3)CC2)cc1OC. The van der Waals surface area contributed by atoms with Gasteiger partial charge in [-0.15, -0.1) is 0 Å². The molecule has 1 saturated heterocycles. The molecule has 7 nitrogen and oxygen atoms in total. The molecule has 1 fully saturated rings. The van der Waals surface area contributed by atoms with Crippen molar-refractivity contribution >= 4 is 22.0 Å². The van der Waals surface area contributed by atoms with Gasteiger partial charge in [0.15, 0.2) is 11.5 Å². The number of hydrogen-bond donors (Lipinski definition) is 0. The largest absolute Gasteiger partial charge is 0.493 e. The van der Waals surface area contributed by atoms with Crippen molar-refractivity contribution in [2.45, 2.75) is 31.6 Å². The average Bonchev–Trinajstić information content (AvgIpc) is 3.09. The molecule has 0 unspecified atom stereocenters. The van der Waals surface area contributed by atoms with E-state index in [2.05, 4.69) is 0 Å². The molecule has 0 saturated carbocycles. The Kier molecular flexibility index (Phi) is 8.52. The van der Waals surface area contributed by atoms with Gasteiger partial charge in [-0.25, -0.2) is 8.42 Å². The number of aryl methyl sites for hydroxylation is 1. The highest BCUT2D eigenvalue weighted by atomic mass is 32.2. The quantitative estimate of drug-likeness (QED) is 0.547. The number of hydrogen-bond acceptors (Lipinski definition) is 5. The molecule has 8 heteroatoms. The third-order valence-electron chi connectivity index (χ3n) is 5.49. The molecule has 1 amide bonds. The van der Waals surface area contributed by atoms with Gasteiger partial charge in [0.05, 0.1) is 18.6 Å². The third kappa shape index (κ3) is 6.36. The molecule has 3 rings (SSSR count). The topological polar surface area (TPSA) is 76.2 Å². The van der Waals surface area contributed by atoms with Gasteiger partial charge in [-0.3, -0.25) is 4.79 Å². The lowest BCUT2D eigenvalue weighted by atomic mass is 10.2. The first-order valence-corrected chi connectivity index (χ1v) is 12.6. The summed E-state index contributed by atoms with van der Waals surface area (Å²) in [7, 11) is -1.99. The molecular weight excluding hydrogens is 440 g/mol. The maximum absolute atomic E-state index is 13.0. The number of carbonyl (C=O) groups excluding carboxylic acids is 1. The van der Waals surface area contributed by atoms with Crippen LogP contribution in [0.15, 0.2) is 53.4 Å². The van der Waals surface area contributed by atoms with Gasteiger partial charge in [-0.05, 0) is 55.7 Å². The van der Waals surface area contributed by atoms with Crippen LogP contribution in [0.25, 0.3) is 6.08 Å². The number of sulfonamides is 1. The third-order valence-corrected chi connectivity index (χ3v) is 7.41. The Morgan fingerprint density at radius 2 is 1.79 bits per heavy atom. The van der Waals surface area contributed by atoms with Gasteiger partial charge in [-0.1, -0.05) is 30.7 Å². The molecule has 0 aromatic heterocycles. The first-order valence-electron chi connectivity index (χ1n) is 11.2. The van der Waals surface area contributed by atoms with Crippen LogP contribution in [-0.4, -0.2) is 63.4 Å². The number of carbonyl (C=O) groups is 1. The van der Waals surface area contributed by atoms with Crippen LogP contribution in [0.4, 0.5) is 0 Å². The van der Waals surface area contributed by atoms with Crippen LogP contribution in [0.5, 0.6) is 11.5 Å². The van der Waals surface area contributed by atoms with E-state index < -0.39 is 10.0 Å². The maximum Gasteiger partial charge on any atom is 0.246 e. The number of methoxy groups -OCH3 is 1. The molecule has 1 aliphatic rings. The van der Waals surface area contributed by atoms with Crippen LogP contribution in [0, 0.1) is 6.92 Å². The molecule has 2 aromatic carbocycles. The lowest BCUT2D eigenvalue weighted by Gasteiger charge is -2.21. The normalized spacial score (nSPS) is 15.4. The molecule has 178 valence electrons. The lowest BCUT2D eigenvalue weighted by Crippen LogP contribution is -2.36. The molecule has 0 aliphatic carbocycles. The molecule has 1 aliphatic heterocycles. The van der Waals surface area contributed by atoms with Crippen molar-refractivity contribution in [1.82, 2.24) is 9.21 Å². The predicted octanol–water partition coefficient (Wildman–Crippen LogP) is 3.73. The summed E-state index contributed by atoms with van der Waals surface area (Å²) in [5.74, 6) is 1.14. The van der Waals surface area contributed by atoms with E-state index in [0.29, 0.717) is 44.2 Å². The highest BCUT2D eigenvalue weighted by Crippen LogP contribution is 2.28. The van der Waals surface area contributed by atoms with E-state index in [1.165, 1.54) is 10.4 Å². The van der Waals surface area contributed by atoms with Crippen LogP contribution < -0.4 is 9.47 Å². The first-order chi connectivity index (χ1) is 15.8. The van der Waals surface area contributed by atoms with Gasteiger partial charge in [-0.2, -0.15) is 4.31 Å². The average molecular weight is 473 g/mol. The van der Waals surface area contributed by atoms with E-state index in [0.717, 1.165) is 17.5 Å². The smallest absolute Gasteiger partial charge is 0.246 e. The highest BCUT2D eigenvalue weighted by molar-refractivity contribution is 7.89. The monoisotopic (exact) mass is 472 g/mol. The molecule has 0 spiro atoms. The van der Waals surface area contributed by atoms with Crippen molar-refractivity contribution in [3.8, 4) is 11.5 Å². The van der Waals surface area contributed by atoms with Crippen LogP contribution in [0.1, 0.15) is 30.9 Å². The second kappa shape index (κ2) is 11.3. The Hall–Kier alpha value is -2.84. The zero-order chi connectivity index (χ0) is 23.8. The minimum atomic E-state index is -3.57. The summed E-state index contributed by atoms with van der Waals surface area (Å²) in [5, 5.41) is 0. The molecule has 33 heavy (non-hydrogen) atoms. The van der Waals surface area contributed by atoms with Crippen molar-refractivity contribution < 1.29 is 22.7 Å². The molecule has 0 N–H and O–H groups in total. The Labute approximate surface area is 196 Å².